The standard InChI is InChI=1S/C11H16N4/c12-5-9-1-3-11(4-2-9)15-8-10(6-13)7-14-15/h7-9,11H,1-5,12H2. The first-order chi connectivity index (χ1) is 7.33. The van der Waals surface area contributed by atoms with Crippen molar-refractivity contribution in [1.29, 1.82) is 5.26 Å². The van der Waals surface area contributed by atoms with Crippen LogP contribution < -0.4 is 5.73 Å². The molecule has 1 fully saturated rings. The van der Waals surface area contributed by atoms with Crippen molar-refractivity contribution in [1.82, 2.24) is 9.78 Å². The summed E-state index contributed by atoms with van der Waals surface area (Å²) in [6.45, 7) is 0.801. The molecule has 4 heteroatoms. The first-order valence-corrected chi connectivity index (χ1v) is 5.48. The van der Waals surface area contributed by atoms with Crippen molar-refractivity contribution in [2.45, 2.75) is 31.7 Å². The highest BCUT2D eigenvalue weighted by atomic mass is 15.3. The Balaban J connectivity index is 1.98. The van der Waals surface area contributed by atoms with Crippen molar-refractivity contribution in [2.75, 3.05) is 6.54 Å². The molecule has 0 aliphatic heterocycles. The third-order valence-corrected chi connectivity index (χ3v) is 3.25. The fourth-order valence-electron chi connectivity index (χ4n) is 2.24. The fraction of sp³-hybridized carbons (Fsp3) is 0.636. The Kier molecular flexibility index (Phi) is 3.02. The van der Waals surface area contributed by atoms with Crippen LogP contribution >= 0.6 is 0 Å². The summed E-state index contributed by atoms with van der Waals surface area (Å²) >= 11 is 0. The van der Waals surface area contributed by atoms with Gasteiger partial charge in [0.15, 0.2) is 0 Å². The van der Waals surface area contributed by atoms with E-state index in [0.29, 0.717) is 17.5 Å². The molecule has 80 valence electrons. The molecule has 0 radical (unpaired) electrons. The van der Waals surface area contributed by atoms with Gasteiger partial charge in [-0.05, 0) is 38.1 Å². The van der Waals surface area contributed by atoms with E-state index >= 15 is 0 Å². The zero-order valence-electron chi connectivity index (χ0n) is 8.76. The Hall–Kier alpha value is -1.34. The van der Waals surface area contributed by atoms with Gasteiger partial charge in [0.05, 0.1) is 17.8 Å². The van der Waals surface area contributed by atoms with Crippen LogP contribution in [0.15, 0.2) is 12.4 Å². The number of hydrogen-bond acceptors (Lipinski definition) is 3. The zero-order valence-corrected chi connectivity index (χ0v) is 8.76. The highest BCUT2D eigenvalue weighted by molar-refractivity contribution is 5.21. The number of hydrogen-bond donors (Lipinski definition) is 1. The summed E-state index contributed by atoms with van der Waals surface area (Å²) in [6.07, 6.45) is 8.11. The van der Waals surface area contributed by atoms with Crippen molar-refractivity contribution >= 4 is 0 Å². The molecular weight excluding hydrogens is 188 g/mol. The molecule has 0 spiro atoms. The summed E-state index contributed by atoms with van der Waals surface area (Å²) < 4.78 is 1.94. The highest BCUT2D eigenvalue weighted by Gasteiger charge is 2.21. The Bertz CT molecular complexity index is 355. The molecule has 1 aromatic rings. The molecular formula is C11H16N4. The predicted octanol–water partition coefficient (Wildman–Crippen LogP) is 1.44. The normalized spacial score (nSPS) is 26.1. The number of nitrogens with two attached hydrogens (primary N) is 1. The maximum absolute atomic E-state index is 8.71. The molecule has 1 aliphatic carbocycles. The molecule has 4 nitrogen and oxygen atoms in total. The lowest BCUT2D eigenvalue weighted by Crippen LogP contribution is -2.23. The van der Waals surface area contributed by atoms with Crippen LogP contribution in [0.5, 0.6) is 0 Å². The van der Waals surface area contributed by atoms with Gasteiger partial charge in [-0.2, -0.15) is 10.4 Å². The molecule has 1 saturated carbocycles. The van der Waals surface area contributed by atoms with Crippen LogP contribution in [0.1, 0.15) is 37.3 Å². The second-order valence-electron chi connectivity index (χ2n) is 4.23. The van der Waals surface area contributed by atoms with Gasteiger partial charge in [-0.15, -0.1) is 0 Å². The molecule has 1 aliphatic rings. The van der Waals surface area contributed by atoms with Crippen LogP contribution in [0.3, 0.4) is 0 Å². The third kappa shape index (κ3) is 2.18. The Morgan fingerprint density at radius 3 is 2.73 bits per heavy atom. The molecule has 0 bridgehead atoms. The average molecular weight is 204 g/mol. The summed E-state index contributed by atoms with van der Waals surface area (Å²) in [6, 6.07) is 2.57. The van der Waals surface area contributed by atoms with E-state index in [0.717, 1.165) is 19.4 Å². The smallest absolute Gasteiger partial charge is 0.102 e. The van der Waals surface area contributed by atoms with E-state index in [1.54, 1.807) is 6.20 Å². The van der Waals surface area contributed by atoms with Crippen molar-refractivity contribution in [3.05, 3.63) is 18.0 Å². The van der Waals surface area contributed by atoms with Gasteiger partial charge >= 0.3 is 0 Å². The van der Waals surface area contributed by atoms with Gasteiger partial charge in [0.2, 0.25) is 0 Å². The van der Waals surface area contributed by atoms with E-state index in [4.69, 9.17) is 11.0 Å². The number of aromatic nitrogens is 2. The van der Waals surface area contributed by atoms with E-state index < -0.39 is 0 Å². The van der Waals surface area contributed by atoms with Crippen LogP contribution in [-0.2, 0) is 0 Å². The van der Waals surface area contributed by atoms with Gasteiger partial charge in [-0.1, -0.05) is 0 Å². The number of nitriles is 1. The second-order valence-corrected chi connectivity index (χ2v) is 4.23. The summed E-state index contributed by atoms with van der Waals surface area (Å²) in [5.74, 6) is 0.687. The van der Waals surface area contributed by atoms with Crippen LogP contribution in [0, 0.1) is 17.2 Å². The summed E-state index contributed by atoms with van der Waals surface area (Å²) in [5, 5.41) is 12.9. The first kappa shape index (κ1) is 10.2. The lowest BCUT2D eigenvalue weighted by Gasteiger charge is -2.27. The average Bonchev–Trinajstić information content (AvgIpc) is 2.78. The highest BCUT2D eigenvalue weighted by Crippen LogP contribution is 2.31. The van der Waals surface area contributed by atoms with Gasteiger partial charge in [0.25, 0.3) is 0 Å². The minimum Gasteiger partial charge on any atom is -0.330 e. The summed E-state index contributed by atoms with van der Waals surface area (Å²) in [4.78, 5) is 0. The fourth-order valence-corrected chi connectivity index (χ4v) is 2.24. The van der Waals surface area contributed by atoms with Crippen LogP contribution in [0.4, 0.5) is 0 Å². The molecule has 2 N–H and O–H groups in total. The predicted molar refractivity (Wildman–Crippen MR) is 57.0 cm³/mol. The first-order valence-electron chi connectivity index (χ1n) is 5.48. The van der Waals surface area contributed by atoms with Crippen molar-refractivity contribution < 1.29 is 0 Å². The molecule has 0 atom stereocenters. The van der Waals surface area contributed by atoms with Gasteiger partial charge in [0.1, 0.15) is 6.07 Å². The number of rotatable bonds is 2. The van der Waals surface area contributed by atoms with Crippen molar-refractivity contribution in [2.24, 2.45) is 11.7 Å². The quantitative estimate of drug-likeness (QED) is 0.792. The molecule has 1 aromatic heterocycles. The van der Waals surface area contributed by atoms with Crippen molar-refractivity contribution in [3.8, 4) is 6.07 Å². The zero-order chi connectivity index (χ0) is 10.7. The third-order valence-electron chi connectivity index (χ3n) is 3.25. The SMILES string of the molecule is N#Cc1cnn(C2CCC(CN)CC2)c1. The molecule has 0 unspecified atom stereocenters. The minimum absolute atomic E-state index is 0.467. The Labute approximate surface area is 89.7 Å². The summed E-state index contributed by atoms with van der Waals surface area (Å²) in [7, 11) is 0. The van der Waals surface area contributed by atoms with Crippen LogP contribution in [0.25, 0.3) is 0 Å². The topological polar surface area (TPSA) is 67.6 Å². The molecule has 1 heterocycles. The molecule has 0 amide bonds. The maximum atomic E-state index is 8.71. The number of nitrogens with zero attached hydrogens (tertiary/aromatic N) is 3. The van der Waals surface area contributed by atoms with Gasteiger partial charge in [-0.25, -0.2) is 0 Å². The molecule has 15 heavy (non-hydrogen) atoms. The lowest BCUT2D eigenvalue weighted by molar-refractivity contribution is 0.265. The van der Waals surface area contributed by atoms with Gasteiger partial charge < -0.3 is 5.73 Å². The van der Waals surface area contributed by atoms with E-state index in [1.165, 1.54) is 12.8 Å². The van der Waals surface area contributed by atoms with E-state index in [1.807, 2.05) is 10.9 Å². The van der Waals surface area contributed by atoms with Crippen molar-refractivity contribution in [3.63, 3.8) is 0 Å². The van der Waals surface area contributed by atoms with E-state index in [2.05, 4.69) is 11.2 Å². The van der Waals surface area contributed by atoms with Crippen LogP contribution in [-0.4, -0.2) is 16.3 Å². The monoisotopic (exact) mass is 204 g/mol. The van der Waals surface area contributed by atoms with Gasteiger partial charge in [-0.3, -0.25) is 4.68 Å². The Morgan fingerprint density at radius 2 is 2.20 bits per heavy atom. The largest absolute Gasteiger partial charge is 0.330 e. The molecule has 2 rings (SSSR count). The van der Waals surface area contributed by atoms with Gasteiger partial charge in [0, 0.05) is 6.20 Å². The second kappa shape index (κ2) is 4.45. The molecule has 0 saturated heterocycles. The van der Waals surface area contributed by atoms with E-state index in [-0.39, 0.29) is 0 Å². The Morgan fingerprint density at radius 1 is 1.47 bits per heavy atom. The minimum atomic E-state index is 0.467. The lowest BCUT2D eigenvalue weighted by atomic mass is 9.86. The van der Waals surface area contributed by atoms with E-state index in [9.17, 15) is 0 Å². The molecule has 0 aromatic carbocycles. The maximum Gasteiger partial charge on any atom is 0.102 e. The van der Waals surface area contributed by atoms with Crippen LogP contribution in [0.2, 0.25) is 0 Å². The summed E-state index contributed by atoms with van der Waals surface area (Å²) in [5.41, 5.74) is 6.30.